The summed E-state index contributed by atoms with van der Waals surface area (Å²) < 4.78 is 45.5. The third kappa shape index (κ3) is 3.28. The lowest BCUT2D eigenvalue weighted by atomic mass is 10.2. The molecule has 1 fully saturated rings. The summed E-state index contributed by atoms with van der Waals surface area (Å²) in [7, 11) is 1.56. The number of aromatic nitrogens is 2. The molecule has 0 saturated carbocycles. The molecular weight excluding hydrogens is 315 g/mol. The Labute approximate surface area is 130 Å². The number of rotatable bonds is 4. The topological polar surface area (TPSA) is 30.3 Å². The lowest BCUT2D eigenvalue weighted by Crippen LogP contribution is -2.36. The number of morpholine rings is 1. The first-order valence-electron chi connectivity index (χ1n) is 7.28. The summed E-state index contributed by atoms with van der Waals surface area (Å²) in [6.45, 7) is 4.37. The van der Waals surface area contributed by atoms with Gasteiger partial charge in [0, 0.05) is 30.4 Å². The Morgan fingerprint density at radius 2 is 2.05 bits per heavy atom. The zero-order chi connectivity index (χ0) is 15.7. The number of hydrogen-bond donors (Lipinski definition) is 0. The molecule has 3 heterocycles. The molecule has 0 unspecified atom stereocenters. The van der Waals surface area contributed by atoms with Crippen molar-refractivity contribution in [2.24, 2.45) is 7.05 Å². The van der Waals surface area contributed by atoms with Gasteiger partial charge in [-0.25, -0.2) is 0 Å². The Morgan fingerprint density at radius 1 is 1.32 bits per heavy atom. The van der Waals surface area contributed by atoms with E-state index in [4.69, 9.17) is 4.74 Å². The predicted octanol–water partition coefficient (Wildman–Crippen LogP) is 2.92. The molecule has 4 nitrogen and oxygen atoms in total. The van der Waals surface area contributed by atoms with E-state index in [-0.39, 0.29) is 5.39 Å². The summed E-state index contributed by atoms with van der Waals surface area (Å²) in [6.07, 6.45) is -2.65. The molecule has 0 aliphatic carbocycles. The number of halogens is 3. The van der Waals surface area contributed by atoms with Crippen LogP contribution in [-0.2, 0) is 24.4 Å². The Kier molecular flexibility index (Phi) is 4.42. The standard InChI is InChI=1S/C14H18F3N3OS/c1-19-13-11(12(18-19)14(15,16)17)9-10(22-13)3-2-4-20-5-7-21-8-6-20/h9H,2-8H2,1H3. The van der Waals surface area contributed by atoms with Crippen LogP contribution < -0.4 is 0 Å². The van der Waals surface area contributed by atoms with E-state index in [2.05, 4.69) is 10.00 Å². The van der Waals surface area contributed by atoms with Gasteiger partial charge in [0.05, 0.1) is 13.2 Å². The minimum Gasteiger partial charge on any atom is -0.379 e. The van der Waals surface area contributed by atoms with Crippen LogP contribution in [0, 0.1) is 0 Å². The zero-order valence-corrected chi connectivity index (χ0v) is 13.1. The summed E-state index contributed by atoms with van der Waals surface area (Å²) in [4.78, 5) is 3.91. The highest BCUT2D eigenvalue weighted by molar-refractivity contribution is 7.18. The number of hydrogen-bond acceptors (Lipinski definition) is 4. The van der Waals surface area contributed by atoms with Gasteiger partial charge in [-0.05, 0) is 25.5 Å². The highest BCUT2D eigenvalue weighted by Crippen LogP contribution is 2.37. The largest absolute Gasteiger partial charge is 0.435 e. The molecule has 1 aliphatic rings. The van der Waals surface area contributed by atoms with Crippen molar-refractivity contribution in [3.05, 3.63) is 16.6 Å². The summed E-state index contributed by atoms with van der Waals surface area (Å²) in [6, 6.07) is 1.65. The van der Waals surface area contributed by atoms with Gasteiger partial charge in [-0.1, -0.05) is 0 Å². The van der Waals surface area contributed by atoms with E-state index in [0.717, 1.165) is 50.6 Å². The number of aryl methyl sites for hydroxylation is 2. The molecule has 0 spiro atoms. The van der Waals surface area contributed by atoms with Crippen LogP contribution in [0.4, 0.5) is 13.2 Å². The van der Waals surface area contributed by atoms with Crippen molar-refractivity contribution in [2.75, 3.05) is 32.8 Å². The fourth-order valence-electron chi connectivity index (χ4n) is 2.72. The molecule has 8 heteroatoms. The first-order chi connectivity index (χ1) is 10.4. The van der Waals surface area contributed by atoms with Gasteiger partial charge in [0.2, 0.25) is 0 Å². The van der Waals surface area contributed by atoms with Gasteiger partial charge >= 0.3 is 6.18 Å². The van der Waals surface area contributed by atoms with Crippen LogP contribution in [0.1, 0.15) is 17.0 Å². The lowest BCUT2D eigenvalue weighted by molar-refractivity contribution is -0.140. The number of alkyl halides is 3. The molecule has 0 atom stereocenters. The fourth-order valence-corrected chi connectivity index (χ4v) is 3.83. The predicted molar refractivity (Wildman–Crippen MR) is 79.2 cm³/mol. The van der Waals surface area contributed by atoms with Gasteiger partial charge in [-0.2, -0.15) is 18.3 Å². The summed E-state index contributed by atoms with van der Waals surface area (Å²) in [5, 5.41) is 3.82. The summed E-state index contributed by atoms with van der Waals surface area (Å²) in [5.74, 6) is 0. The Hall–Kier alpha value is -1.12. The first kappa shape index (κ1) is 15.8. The molecule has 22 heavy (non-hydrogen) atoms. The van der Waals surface area contributed by atoms with Crippen molar-refractivity contribution in [2.45, 2.75) is 19.0 Å². The van der Waals surface area contributed by atoms with Crippen molar-refractivity contribution >= 4 is 21.6 Å². The second kappa shape index (κ2) is 6.17. The monoisotopic (exact) mass is 333 g/mol. The SMILES string of the molecule is Cn1nc(C(F)(F)F)c2cc(CCCN3CCOCC3)sc21. The average Bonchev–Trinajstić information content (AvgIpc) is 3.00. The number of thiophene rings is 1. The smallest absolute Gasteiger partial charge is 0.379 e. The van der Waals surface area contributed by atoms with Crippen molar-refractivity contribution in [1.82, 2.24) is 14.7 Å². The lowest BCUT2D eigenvalue weighted by Gasteiger charge is -2.26. The van der Waals surface area contributed by atoms with Gasteiger partial charge < -0.3 is 4.74 Å². The molecule has 1 aliphatic heterocycles. The number of ether oxygens (including phenoxy) is 1. The minimum atomic E-state index is -4.40. The maximum atomic E-state index is 12.9. The van der Waals surface area contributed by atoms with Crippen LogP contribution in [0.5, 0.6) is 0 Å². The Bertz CT molecular complexity index is 644. The van der Waals surface area contributed by atoms with E-state index in [1.165, 1.54) is 16.0 Å². The molecule has 122 valence electrons. The molecule has 0 N–H and O–H groups in total. The zero-order valence-electron chi connectivity index (χ0n) is 12.3. The van der Waals surface area contributed by atoms with Gasteiger partial charge in [-0.15, -0.1) is 11.3 Å². The Morgan fingerprint density at radius 3 is 2.73 bits per heavy atom. The molecule has 0 bridgehead atoms. The van der Waals surface area contributed by atoms with Gasteiger partial charge in [0.15, 0.2) is 5.69 Å². The van der Waals surface area contributed by atoms with E-state index >= 15 is 0 Å². The molecule has 0 amide bonds. The maximum Gasteiger partial charge on any atom is 0.435 e. The van der Waals surface area contributed by atoms with Crippen LogP contribution in [-0.4, -0.2) is 47.5 Å². The average molecular weight is 333 g/mol. The normalized spacial score (nSPS) is 17.5. The first-order valence-corrected chi connectivity index (χ1v) is 8.09. The van der Waals surface area contributed by atoms with Crippen LogP contribution in [0.3, 0.4) is 0 Å². The van der Waals surface area contributed by atoms with Crippen molar-refractivity contribution in [3.8, 4) is 0 Å². The molecule has 0 radical (unpaired) electrons. The van der Waals surface area contributed by atoms with Crippen LogP contribution in [0.15, 0.2) is 6.07 Å². The number of fused-ring (bicyclic) bond motifs is 1. The van der Waals surface area contributed by atoms with Gasteiger partial charge in [0.25, 0.3) is 0 Å². The van der Waals surface area contributed by atoms with Crippen LogP contribution >= 0.6 is 11.3 Å². The molecule has 1 saturated heterocycles. The van der Waals surface area contributed by atoms with Crippen LogP contribution in [0.2, 0.25) is 0 Å². The molecule has 0 aromatic carbocycles. The molecule has 2 aromatic heterocycles. The second-order valence-electron chi connectivity index (χ2n) is 5.46. The van der Waals surface area contributed by atoms with E-state index in [9.17, 15) is 13.2 Å². The molecule has 3 rings (SSSR count). The van der Waals surface area contributed by atoms with E-state index in [1.54, 1.807) is 13.1 Å². The summed E-state index contributed by atoms with van der Waals surface area (Å²) in [5.41, 5.74) is -0.777. The molecule has 2 aromatic rings. The van der Waals surface area contributed by atoms with Gasteiger partial charge in [-0.3, -0.25) is 9.58 Å². The van der Waals surface area contributed by atoms with Crippen LogP contribution in [0.25, 0.3) is 10.2 Å². The van der Waals surface area contributed by atoms with Crippen molar-refractivity contribution < 1.29 is 17.9 Å². The summed E-state index contributed by atoms with van der Waals surface area (Å²) >= 11 is 1.40. The van der Waals surface area contributed by atoms with Crippen molar-refractivity contribution in [3.63, 3.8) is 0 Å². The van der Waals surface area contributed by atoms with E-state index in [1.807, 2.05) is 0 Å². The highest BCUT2D eigenvalue weighted by Gasteiger charge is 2.37. The third-order valence-electron chi connectivity index (χ3n) is 3.83. The fraction of sp³-hybridized carbons (Fsp3) is 0.643. The van der Waals surface area contributed by atoms with E-state index in [0.29, 0.717) is 4.83 Å². The Balaban J connectivity index is 1.67. The quantitative estimate of drug-likeness (QED) is 0.862. The highest BCUT2D eigenvalue weighted by atomic mass is 32.1. The van der Waals surface area contributed by atoms with Gasteiger partial charge in [0.1, 0.15) is 4.83 Å². The third-order valence-corrected chi connectivity index (χ3v) is 5.09. The van der Waals surface area contributed by atoms with E-state index < -0.39 is 11.9 Å². The second-order valence-corrected chi connectivity index (χ2v) is 6.57. The van der Waals surface area contributed by atoms with Crippen molar-refractivity contribution in [1.29, 1.82) is 0 Å². The molecular formula is C14H18F3N3OS. The maximum absolute atomic E-state index is 12.9. The number of nitrogens with zero attached hydrogens (tertiary/aromatic N) is 3. The minimum absolute atomic E-state index is 0.223.